The molecule has 1 N–H and O–H groups in total. The van der Waals surface area contributed by atoms with E-state index in [2.05, 4.69) is 10.2 Å². The van der Waals surface area contributed by atoms with Crippen LogP contribution in [0, 0.1) is 0 Å². The zero-order valence-electron chi connectivity index (χ0n) is 9.95. The number of rotatable bonds is 3. The van der Waals surface area contributed by atoms with Crippen molar-refractivity contribution >= 4 is 5.91 Å². The molecule has 3 fully saturated rings. The minimum absolute atomic E-state index is 0.148. The third-order valence-electron chi connectivity index (χ3n) is 4.27. The minimum Gasteiger partial charge on any atom is -0.338 e. The number of likely N-dealkylation sites (tertiary alicyclic amines) is 1. The van der Waals surface area contributed by atoms with Gasteiger partial charge in [-0.3, -0.25) is 4.79 Å². The van der Waals surface area contributed by atoms with Crippen LogP contribution in [-0.4, -0.2) is 35.5 Å². The number of carbonyl (C=O) groups is 1. The van der Waals surface area contributed by atoms with Crippen molar-refractivity contribution in [2.75, 3.05) is 6.54 Å². The highest BCUT2D eigenvalue weighted by Gasteiger charge is 2.38. The van der Waals surface area contributed by atoms with E-state index in [1.807, 2.05) is 0 Å². The van der Waals surface area contributed by atoms with Gasteiger partial charge in [-0.05, 0) is 32.1 Å². The molecule has 1 amide bonds. The van der Waals surface area contributed by atoms with Crippen LogP contribution in [0.4, 0.5) is 0 Å². The summed E-state index contributed by atoms with van der Waals surface area (Å²) in [6, 6.07) is 1.36. The average molecular weight is 222 g/mol. The predicted octanol–water partition coefficient (Wildman–Crippen LogP) is 1.67. The molecule has 1 atom stereocenters. The maximum atomic E-state index is 12.2. The van der Waals surface area contributed by atoms with Gasteiger partial charge in [0.2, 0.25) is 5.91 Å². The van der Waals surface area contributed by atoms with Crippen molar-refractivity contribution in [3.8, 4) is 0 Å². The van der Waals surface area contributed by atoms with E-state index in [1.54, 1.807) is 0 Å². The van der Waals surface area contributed by atoms with Crippen molar-refractivity contribution in [3.05, 3.63) is 0 Å². The molecule has 1 saturated heterocycles. The lowest BCUT2D eigenvalue weighted by Gasteiger charge is -2.31. The van der Waals surface area contributed by atoms with Crippen LogP contribution in [0.15, 0.2) is 0 Å². The van der Waals surface area contributed by atoms with Gasteiger partial charge in [-0.2, -0.15) is 0 Å². The molecule has 0 aromatic carbocycles. The Morgan fingerprint density at radius 1 is 1.00 bits per heavy atom. The van der Waals surface area contributed by atoms with Crippen LogP contribution in [-0.2, 0) is 4.79 Å². The molecule has 2 aliphatic carbocycles. The van der Waals surface area contributed by atoms with Gasteiger partial charge in [0.25, 0.3) is 0 Å². The summed E-state index contributed by atoms with van der Waals surface area (Å²) in [7, 11) is 0. The summed E-state index contributed by atoms with van der Waals surface area (Å²) >= 11 is 0. The molecule has 16 heavy (non-hydrogen) atoms. The molecule has 0 aromatic heterocycles. The second-order valence-corrected chi connectivity index (χ2v) is 5.61. The molecule has 1 aliphatic heterocycles. The predicted molar refractivity (Wildman–Crippen MR) is 63.1 cm³/mol. The van der Waals surface area contributed by atoms with E-state index in [0.717, 1.165) is 13.0 Å². The molecule has 3 heteroatoms. The summed E-state index contributed by atoms with van der Waals surface area (Å²) in [6.07, 6.45) is 10.0. The second kappa shape index (κ2) is 4.36. The molecular weight excluding hydrogens is 200 g/mol. The van der Waals surface area contributed by atoms with Gasteiger partial charge in [0, 0.05) is 18.6 Å². The number of amides is 1. The van der Waals surface area contributed by atoms with Crippen LogP contribution in [0.2, 0.25) is 0 Å². The molecule has 2 saturated carbocycles. The quantitative estimate of drug-likeness (QED) is 0.788. The second-order valence-electron chi connectivity index (χ2n) is 5.61. The van der Waals surface area contributed by atoms with E-state index < -0.39 is 0 Å². The first-order valence-electron chi connectivity index (χ1n) is 6.91. The van der Waals surface area contributed by atoms with Crippen LogP contribution >= 0.6 is 0 Å². The van der Waals surface area contributed by atoms with Crippen molar-refractivity contribution < 1.29 is 4.79 Å². The van der Waals surface area contributed by atoms with Crippen molar-refractivity contribution in [3.63, 3.8) is 0 Å². The number of carbonyl (C=O) groups excluding carboxylic acids is 1. The molecular formula is C13H22N2O. The van der Waals surface area contributed by atoms with E-state index in [-0.39, 0.29) is 6.04 Å². The molecule has 3 rings (SSSR count). The molecule has 1 heterocycles. The van der Waals surface area contributed by atoms with E-state index in [0.29, 0.717) is 18.0 Å². The highest BCUT2D eigenvalue weighted by molar-refractivity contribution is 5.84. The van der Waals surface area contributed by atoms with Crippen LogP contribution in [0.25, 0.3) is 0 Å². The SMILES string of the molecule is O=C1C(NC2CC2)CCN1C1CCCCC1. The highest BCUT2D eigenvalue weighted by atomic mass is 16.2. The zero-order chi connectivity index (χ0) is 11.0. The van der Waals surface area contributed by atoms with Crippen molar-refractivity contribution in [1.29, 1.82) is 0 Å². The molecule has 0 bridgehead atoms. The molecule has 0 aromatic rings. The van der Waals surface area contributed by atoms with Crippen molar-refractivity contribution in [2.24, 2.45) is 0 Å². The standard InChI is InChI=1S/C13H22N2O/c16-13-12(14-10-6-7-10)8-9-15(13)11-4-2-1-3-5-11/h10-12,14H,1-9H2. The first-order chi connectivity index (χ1) is 7.84. The Labute approximate surface area is 97.6 Å². The summed E-state index contributed by atoms with van der Waals surface area (Å²) in [5.41, 5.74) is 0. The first kappa shape index (κ1) is 10.6. The van der Waals surface area contributed by atoms with Crippen LogP contribution in [0.5, 0.6) is 0 Å². The van der Waals surface area contributed by atoms with Gasteiger partial charge in [-0.25, -0.2) is 0 Å². The third-order valence-corrected chi connectivity index (χ3v) is 4.27. The number of nitrogens with one attached hydrogen (secondary N) is 1. The Morgan fingerprint density at radius 3 is 2.44 bits per heavy atom. The van der Waals surface area contributed by atoms with E-state index in [1.165, 1.54) is 44.9 Å². The van der Waals surface area contributed by atoms with Crippen LogP contribution in [0.1, 0.15) is 51.4 Å². The number of hydrogen-bond donors (Lipinski definition) is 1. The average Bonchev–Trinajstić information content (AvgIpc) is 3.06. The van der Waals surface area contributed by atoms with Crippen molar-refractivity contribution in [2.45, 2.75) is 69.5 Å². The highest BCUT2D eigenvalue weighted by Crippen LogP contribution is 2.28. The van der Waals surface area contributed by atoms with Crippen LogP contribution < -0.4 is 5.32 Å². The largest absolute Gasteiger partial charge is 0.338 e. The molecule has 3 nitrogen and oxygen atoms in total. The van der Waals surface area contributed by atoms with Gasteiger partial charge in [-0.1, -0.05) is 19.3 Å². The number of hydrogen-bond acceptors (Lipinski definition) is 2. The smallest absolute Gasteiger partial charge is 0.240 e. The summed E-state index contributed by atoms with van der Waals surface area (Å²) in [5, 5.41) is 3.48. The normalized spacial score (nSPS) is 32.4. The Balaban J connectivity index is 1.57. The molecule has 1 unspecified atom stereocenters. The maximum Gasteiger partial charge on any atom is 0.240 e. The monoisotopic (exact) mass is 222 g/mol. The molecule has 3 aliphatic rings. The summed E-state index contributed by atoms with van der Waals surface area (Å²) in [5.74, 6) is 0.388. The zero-order valence-corrected chi connectivity index (χ0v) is 9.95. The van der Waals surface area contributed by atoms with E-state index >= 15 is 0 Å². The molecule has 0 radical (unpaired) electrons. The summed E-state index contributed by atoms with van der Waals surface area (Å²) in [6.45, 7) is 0.994. The topological polar surface area (TPSA) is 32.3 Å². The molecule has 0 spiro atoms. The lowest BCUT2D eigenvalue weighted by molar-refractivity contribution is -0.132. The van der Waals surface area contributed by atoms with Gasteiger partial charge < -0.3 is 10.2 Å². The first-order valence-corrected chi connectivity index (χ1v) is 6.91. The maximum absolute atomic E-state index is 12.2. The fourth-order valence-electron chi connectivity index (χ4n) is 3.15. The fraction of sp³-hybridized carbons (Fsp3) is 0.923. The third kappa shape index (κ3) is 2.10. The van der Waals surface area contributed by atoms with E-state index in [9.17, 15) is 4.79 Å². The summed E-state index contributed by atoms with van der Waals surface area (Å²) in [4.78, 5) is 14.4. The summed E-state index contributed by atoms with van der Waals surface area (Å²) < 4.78 is 0. The Bertz CT molecular complexity index is 269. The Morgan fingerprint density at radius 2 is 1.75 bits per heavy atom. The van der Waals surface area contributed by atoms with Gasteiger partial charge in [0.1, 0.15) is 0 Å². The van der Waals surface area contributed by atoms with Gasteiger partial charge in [-0.15, -0.1) is 0 Å². The van der Waals surface area contributed by atoms with E-state index in [4.69, 9.17) is 0 Å². The lowest BCUT2D eigenvalue weighted by atomic mass is 9.94. The fourth-order valence-corrected chi connectivity index (χ4v) is 3.15. The Hall–Kier alpha value is -0.570. The van der Waals surface area contributed by atoms with Crippen LogP contribution in [0.3, 0.4) is 0 Å². The van der Waals surface area contributed by atoms with Gasteiger partial charge in [0.15, 0.2) is 0 Å². The van der Waals surface area contributed by atoms with Crippen molar-refractivity contribution in [1.82, 2.24) is 10.2 Å². The molecule has 90 valence electrons. The Kier molecular flexibility index (Phi) is 2.88. The lowest BCUT2D eigenvalue weighted by Crippen LogP contribution is -2.44. The minimum atomic E-state index is 0.148. The van der Waals surface area contributed by atoms with Gasteiger partial charge in [0.05, 0.1) is 6.04 Å². The number of nitrogens with zero attached hydrogens (tertiary/aromatic N) is 1. The van der Waals surface area contributed by atoms with Gasteiger partial charge >= 0.3 is 0 Å².